The van der Waals surface area contributed by atoms with E-state index >= 15 is 0 Å². The van der Waals surface area contributed by atoms with Crippen LogP contribution in [0.5, 0.6) is 0 Å². The first-order valence-electron chi connectivity index (χ1n) is 5.07. The maximum Gasteiger partial charge on any atom is 0.267 e. The van der Waals surface area contributed by atoms with Gasteiger partial charge in [0.15, 0.2) is 0 Å². The molecule has 0 bridgehead atoms. The summed E-state index contributed by atoms with van der Waals surface area (Å²) in [7, 11) is 0. The zero-order chi connectivity index (χ0) is 11.8. The Morgan fingerprint density at radius 3 is 1.64 bits per heavy atom. The molecule has 1 atom stereocenters. The average Bonchev–Trinajstić information content (AvgIpc) is 1.80. The molecule has 0 radical (unpaired) electrons. The van der Waals surface area contributed by atoms with Crippen molar-refractivity contribution >= 4 is 0 Å². The topological polar surface area (TPSA) is 26.0 Å². The van der Waals surface area contributed by atoms with E-state index < -0.39 is 17.4 Å². The third-order valence-corrected chi connectivity index (χ3v) is 2.38. The van der Waals surface area contributed by atoms with Crippen molar-refractivity contribution in [2.45, 2.75) is 59.4 Å². The third-order valence-electron chi connectivity index (χ3n) is 2.38. The molecule has 0 amide bonds. The van der Waals surface area contributed by atoms with Crippen LogP contribution in [0.3, 0.4) is 0 Å². The second kappa shape index (κ2) is 3.76. The maximum atomic E-state index is 13.7. The van der Waals surface area contributed by atoms with Gasteiger partial charge in [0, 0.05) is 5.92 Å². The number of alkyl halides is 2. The van der Waals surface area contributed by atoms with Crippen molar-refractivity contribution in [2.24, 2.45) is 17.1 Å². The Kier molecular flexibility index (Phi) is 3.71. The Labute approximate surface area is 86.1 Å². The molecule has 0 fully saturated rings. The van der Waals surface area contributed by atoms with E-state index in [2.05, 4.69) is 0 Å². The molecule has 0 aliphatic heterocycles. The van der Waals surface area contributed by atoms with Crippen LogP contribution in [-0.2, 0) is 0 Å². The van der Waals surface area contributed by atoms with Gasteiger partial charge in [-0.15, -0.1) is 0 Å². The molecule has 0 saturated heterocycles. The van der Waals surface area contributed by atoms with Crippen molar-refractivity contribution in [3.63, 3.8) is 0 Å². The number of halogens is 2. The lowest BCUT2D eigenvalue weighted by Gasteiger charge is -2.40. The Morgan fingerprint density at radius 1 is 1.07 bits per heavy atom. The summed E-state index contributed by atoms with van der Waals surface area (Å²) >= 11 is 0. The summed E-state index contributed by atoms with van der Waals surface area (Å²) in [6, 6.07) is 0. The third kappa shape index (κ3) is 3.19. The van der Waals surface area contributed by atoms with Gasteiger partial charge in [0.2, 0.25) is 0 Å². The minimum Gasteiger partial charge on any atom is -0.320 e. The van der Waals surface area contributed by atoms with Gasteiger partial charge in [0.25, 0.3) is 5.92 Å². The van der Waals surface area contributed by atoms with Gasteiger partial charge in [-0.1, -0.05) is 34.6 Å². The van der Waals surface area contributed by atoms with Crippen LogP contribution in [0.1, 0.15) is 48.0 Å². The van der Waals surface area contributed by atoms with E-state index in [1.807, 2.05) is 20.8 Å². The van der Waals surface area contributed by atoms with Crippen LogP contribution < -0.4 is 5.73 Å². The molecule has 0 aliphatic carbocycles. The highest BCUT2D eigenvalue weighted by atomic mass is 19.3. The number of rotatable bonds is 3. The monoisotopic (exact) mass is 207 g/mol. The van der Waals surface area contributed by atoms with E-state index in [0.717, 1.165) is 0 Å². The van der Waals surface area contributed by atoms with Gasteiger partial charge >= 0.3 is 0 Å². The van der Waals surface area contributed by atoms with Gasteiger partial charge in [-0.3, -0.25) is 0 Å². The van der Waals surface area contributed by atoms with Gasteiger partial charge in [0.05, 0.1) is 5.54 Å². The summed E-state index contributed by atoms with van der Waals surface area (Å²) < 4.78 is 27.5. The Morgan fingerprint density at radius 2 is 1.43 bits per heavy atom. The first-order chi connectivity index (χ1) is 5.90. The molecule has 86 valence electrons. The van der Waals surface area contributed by atoms with Gasteiger partial charge in [-0.05, 0) is 18.8 Å². The molecule has 0 aromatic carbocycles. The first-order valence-corrected chi connectivity index (χ1v) is 5.07. The van der Waals surface area contributed by atoms with Gasteiger partial charge in [-0.25, -0.2) is 8.78 Å². The van der Waals surface area contributed by atoms with E-state index in [9.17, 15) is 8.78 Å². The van der Waals surface area contributed by atoms with E-state index in [1.165, 1.54) is 20.8 Å². The van der Waals surface area contributed by atoms with Crippen molar-refractivity contribution in [3.8, 4) is 0 Å². The molecule has 1 nitrogen and oxygen atoms in total. The predicted molar refractivity (Wildman–Crippen MR) is 56.4 cm³/mol. The van der Waals surface area contributed by atoms with Crippen LogP contribution in [-0.4, -0.2) is 11.5 Å². The zero-order valence-corrected chi connectivity index (χ0v) is 10.1. The van der Waals surface area contributed by atoms with Crippen molar-refractivity contribution < 1.29 is 8.78 Å². The summed E-state index contributed by atoms with van der Waals surface area (Å²) in [6.07, 6.45) is 0.311. The SMILES string of the molecule is CC(C)C(F)(F)C(C)(N)CC(C)(C)C. The molecule has 0 aromatic rings. The van der Waals surface area contributed by atoms with Crippen molar-refractivity contribution in [2.75, 3.05) is 0 Å². The molecular formula is C11H23F2N. The fourth-order valence-electron chi connectivity index (χ4n) is 1.88. The second-order valence-corrected chi connectivity index (χ2v) is 5.93. The lowest BCUT2D eigenvalue weighted by molar-refractivity contribution is -0.116. The summed E-state index contributed by atoms with van der Waals surface area (Å²) in [4.78, 5) is 0. The molecule has 0 saturated carbocycles. The normalized spacial score (nSPS) is 18.4. The van der Waals surface area contributed by atoms with E-state index in [0.29, 0.717) is 6.42 Å². The largest absolute Gasteiger partial charge is 0.320 e. The van der Waals surface area contributed by atoms with Crippen LogP contribution in [0.25, 0.3) is 0 Å². The summed E-state index contributed by atoms with van der Waals surface area (Å²) in [6.45, 7) is 10.2. The zero-order valence-electron chi connectivity index (χ0n) is 10.1. The Bertz CT molecular complexity index is 190. The number of nitrogens with two attached hydrogens (primary N) is 1. The molecule has 2 N–H and O–H groups in total. The van der Waals surface area contributed by atoms with E-state index in [4.69, 9.17) is 5.73 Å². The van der Waals surface area contributed by atoms with Crippen LogP contribution in [0.2, 0.25) is 0 Å². The minimum absolute atomic E-state index is 0.179. The smallest absolute Gasteiger partial charge is 0.267 e. The van der Waals surface area contributed by atoms with E-state index in [1.54, 1.807) is 0 Å². The quantitative estimate of drug-likeness (QED) is 0.753. The highest BCUT2D eigenvalue weighted by Gasteiger charge is 2.50. The second-order valence-electron chi connectivity index (χ2n) is 5.93. The summed E-state index contributed by atoms with van der Waals surface area (Å²) in [5.74, 6) is -3.54. The van der Waals surface area contributed by atoms with Gasteiger partial charge in [0.1, 0.15) is 0 Å². The Hall–Kier alpha value is -0.180. The fraction of sp³-hybridized carbons (Fsp3) is 1.00. The van der Waals surface area contributed by atoms with Crippen molar-refractivity contribution in [1.82, 2.24) is 0 Å². The minimum atomic E-state index is -2.82. The number of hydrogen-bond donors (Lipinski definition) is 1. The number of hydrogen-bond acceptors (Lipinski definition) is 1. The predicted octanol–water partition coefficient (Wildman–Crippen LogP) is 3.43. The standard InChI is InChI=1S/C11H23F2N/c1-8(2)11(12,13)10(6,14)7-9(3,4)5/h8H,7,14H2,1-6H3. The van der Waals surface area contributed by atoms with E-state index in [-0.39, 0.29) is 5.41 Å². The first kappa shape index (κ1) is 13.8. The maximum absolute atomic E-state index is 13.7. The van der Waals surface area contributed by atoms with Gasteiger partial charge < -0.3 is 5.73 Å². The molecule has 0 heterocycles. The van der Waals surface area contributed by atoms with Gasteiger partial charge in [-0.2, -0.15) is 0 Å². The highest BCUT2D eigenvalue weighted by Crippen LogP contribution is 2.40. The lowest BCUT2D eigenvalue weighted by atomic mass is 9.75. The van der Waals surface area contributed by atoms with Crippen LogP contribution in [0, 0.1) is 11.3 Å². The molecule has 0 spiro atoms. The highest BCUT2D eigenvalue weighted by molar-refractivity contribution is 4.98. The van der Waals surface area contributed by atoms with Crippen LogP contribution >= 0.6 is 0 Å². The van der Waals surface area contributed by atoms with Crippen LogP contribution in [0.15, 0.2) is 0 Å². The van der Waals surface area contributed by atoms with Crippen molar-refractivity contribution in [3.05, 3.63) is 0 Å². The molecule has 1 unspecified atom stereocenters. The molecular weight excluding hydrogens is 184 g/mol. The molecule has 3 heteroatoms. The van der Waals surface area contributed by atoms with Crippen LogP contribution in [0.4, 0.5) is 8.78 Å². The molecule has 0 aromatic heterocycles. The van der Waals surface area contributed by atoms with Crippen molar-refractivity contribution in [1.29, 1.82) is 0 Å². The molecule has 0 aliphatic rings. The molecule has 14 heavy (non-hydrogen) atoms. The lowest BCUT2D eigenvalue weighted by Crippen LogP contribution is -2.57. The fourth-order valence-corrected chi connectivity index (χ4v) is 1.88. The Balaban J connectivity index is 4.78. The summed E-state index contributed by atoms with van der Waals surface area (Å²) in [5, 5.41) is 0. The summed E-state index contributed by atoms with van der Waals surface area (Å²) in [5.41, 5.74) is 4.12. The molecule has 0 rings (SSSR count). The average molecular weight is 207 g/mol.